The van der Waals surface area contributed by atoms with Crippen molar-refractivity contribution in [2.24, 2.45) is 0 Å². The van der Waals surface area contributed by atoms with E-state index in [1.165, 1.54) is 30.3 Å². The van der Waals surface area contributed by atoms with Crippen molar-refractivity contribution in [1.29, 1.82) is 0 Å². The van der Waals surface area contributed by atoms with Crippen LogP contribution in [-0.4, -0.2) is 13.3 Å². The van der Waals surface area contributed by atoms with E-state index in [-0.39, 0.29) is 22.2 Å². The maximum absolute atomic E-state index is 12.0. The Bertz CT molecular complexity index is 802. The van der Waals surface area contributed by atoms with Gasteiger partial charge in [-0.3, -0.25) is 14.3 Å². The van der Waals surface area contributed by atoms with Gasteiger partial charge in [0.15, 0.2) is 0 Å². The molecule has 0 aliphatic heterocycles. The maximum atomic E-state index is 12.0. The minimum absolute atomic E-state index is 0.0473. The van der Waals surface area contributed by atoms with E-state index in [0.717, 1.165) is 5.56 Å². The van der Waals surface area contributed by atoms with Crippen LogP contribution in [0.3, 0.4) is 0 Å². The van der Waals surface area contributed by atoms with Crippen molar-refractivity contribution in [3.05, 3.63) is 68.7 Å². The Morgan fingerprint density at radius 2 is 1.82 bits per heavy atom. The summed E-state index contributed by atoms with van der Waals surface area (Å²) < 4.78 is 29.0. The zero-order chi connectivity index (χ0) is 16.3. The van der Waals surface area contributed by atoms with E-state index in [0.29, 0.717) is 5.56 Å². The van der Waals surface area contributed by atoms with Gasteiger partial charge >= 0.3 is 0 Å². The summed E-state index contributed by atoms with van der Waals surface area (Å²) >= 11 is 5.76. The molecule has 0 N–H and O–H groups in total. The second-order valence-electron chi connectivity index (χ2n) is 4.57. The van der Waals surface area contributed by atoms with Crippen LogP contribution in [0.1, 0.15) is 11.1 Å². The average Bonchev–Trinajstić information content (AvgIpc) is 2.45. The van der Waals surface area contributed by atoms with E-state index in [2.05, 4.69) is 0 Å². The summed E-state index contributed by atoms with van der Waals surface area (Å²) in [4.78, 5) is 10.1. The molecule has 8 heteroatoms. The van der Waals surface area contributed by atoms with Gasteiger partial charge in [0, 0.05) is 6.07 Å². The van der Waals surface area contributed by atoms with Crippen LogP contribution in [0.2, 0.25) is 5.02 Å². The van der Waals surface area contributed by atoms with Crippen LogP contribution in [0.5, 0.6) is 0 Å². The minimum atomic E-state index is -3.89. The van der Waals surface area contributed by atoms with E-state index < -0.39 is 15.0 Å². The Morgan fingerprint density at radius 1 is 1.18 bits per heavy atom. The molecule has 0 unspecified atom stereocenters. The summed E-state index contributed by atoms with van der Waals surface area (Å²) in [5.41, 5.74) is 1.11. The molecule has 0 aliphatic rings. The number of nitro groups is 1. The van der Waals surface area contributed by atoms with Gasteiger partial charge in [0.25, 0.3) is 15.8 Å². The standard InChI is InChI=1S/C14H12ClNO5S/c1-10-2-5-12(6-3-10)22(19,20)21-9-11-4-7-14(16(17)18)13(15)8-11/h2-8H,9H2,1H3. The molecule has 0 saturated heterocycles. The molecule has 2 rings (SSSR count). The molecule has 22 heavy (non-hydrogen) atoms. The van der Waals surface area contributed by atoms with Crippen LogP contribution in [-0.2, 0) is 20.9 Å². The third-order valence-corrected chi connectivity index (χ3v) is 4.48. The van der Waals surface area contributed by atoms with Gasteiger partial charge in [0.1, 0.15) is 5.02 Å². The van der Waals surface area contributed by atoms with E-state index in [1.54, 1.807) is 12.1 Å². The van der Waals surface area contributed by atoms with Crippen LogP contribution in [0.4, 0.5) is 5.69 Å². The Kier molecular flexibility index (Phi) is 4.80. The Hall–Kier alpha value is -1.96. The zero-order valence-corrected chi connectivity index (χ0v) is 13.1. The molecule has 0 heterocycles. The molecule has 116 valence electrons. The summed E-state index contributed by atoms with van der Waals surface area (Å²) in [7, 11) is -3.89. The van der Waals surface area contributed by atoms with Gasteiger partial charge < -0.3 is 0 Å². The monoisotopic (exact) mass is 341 g/mol. The molecular formula is C14H12ClNO5S. The van der Waals surface area contributed by atoms with Crippen molar-refractivity contribution in [2.75, 3.05) is 0 Å². The highest BCUT2D eigenvalue weighted by atomic mass is 35.5. The van der Waals surface area contributed by atoms with Crippen LogP contribution in [0, 0.1) is 17.0 Å². The molecular weight excluding hydrogens is 330 g/mol. The van der Waals surface area contributed by atoms with Gasteiger partial charge in [-0.25, -0.2) is 0 Å². The molecule has 0 spiro atoms. The predicted octanol–water partition coefficient (Wildman–Crippen LogP) is 3.46. The van der Waals surface area contributed by atoms with Gasteiger partial charge in [-0.1, -0.05) is 29.3 Å². The fourth-order valence-corrected chi connectivity index (χ4v) is 2.88. The highest BCUT2D eigenvalue weighted by Crippen LogP contribution is 2.26. The first-order valence-electron chi connectivity index (χ1n) is 6.18. The Labute approximate surface area is 132 Å². The lowest BCUT2D eigenvalue weighted by Gasteiger charge is -2.06. The summed E-state index contributed by atoms with van der Waals surface area (Å²) in [5.74, 6) is 0. The molecule has 0 amide bonds. The fraction of sp³-hybridized carbons (Fsp3) is 0.143. The highest BCUT2D eigenvalue weighted by Gasteiger charge is 2.17. The highest BCUT2D eigenvalue weighted by molar-refractivity contribution is 7.86. The van der Waals surface area contributed by atoms with Gasteiger partial charge in [0.05, 0.1) is 16.4 Å². The zero-order valence-electron chi connectivity index (χ0n) is 11.5. The topological polar surface area (TPSA) is 86.5 Å². The Morgan fingerprint density at radius 3 is 2.36 bits per heavy atom. The van der Waals surface area contributed by atoms with Crippen LogP contribution >= 0.6 is 11.6 Å². The van der Waals surface area contributed by atoms with E-state index in [4.69, 9.17) is 15.8 Å². The first-order valence-corrected chi connectivity index (χ1v) is 7.97. The van der Waals surface area contributed by atoms with Gasteiger partial charge in [-0.15, -0.1) is 0 Å². The molecule has 0 atom stereocenters. The van der Waals surface area contributed by atoms with Crippen LogP contribution in [0.15, 0.2) is 47.4 Å². The van der Waals surface area contributed by atoms with Crippen molar-refractivity contribution in [3.8, 4) is 0 Å². The number of benzene rings is 2. The van der Waals surface area contributed by atoms with Crippen LogP contribution in [0.25, 0.3) is 0 Å². The quantitative estimate of drug-likeness (QED) is 0.472. The molecule has 2 aromatic carbocycles. The summed E-state index contributed by atoms with van der Waals surface area (Å²) in [6.45, 7) is 1.59. The smallest absolute Gasteiger partial charge is 0.262 e. The SMILES string of the molecule is Cc1ccc(S(=O)(=O)OCc2ccc([N+](=O)[O-])c(Cl)c2)cc1. The molecule has 0 bridgehead atoms. The third-order valence-electron chi connectivity index (χ3n) is 2.90. The van der Waals surface area contributed by atoms with Crippen molar-refractivity contribution >= 4 is 27.4 Å². The molecule has 2 aromatic rings. The van der Waals surface area contributed by atoms with Gasteiger partial charge in [-0.2, -0.15) is 8.42 Å². The lowest BCUT2D eigenvalue weighted by Crippen LogP contribution is -2.06. The number of aryl methyl sites for hydroxylation is 1. The van der Waals surface area contributed by atoms with Crippen molar-refractivity contribution in [3.63, 3.8) is 0 Å². The number of rotatable bonds is 5. The van der Waals surface area contributed by atoms with E-state index in [1.807, 2.05) is 6.92 Å². The number of nitrogens with zero attached hydrogens (tertiary/aromatic N) is 1. The molecule has 0 aliphatic carbocycles. The van der Waals surface area contributed by atoms with Crippen molar-refractivity contribution < 1.29 is 17.5 Å². The third kappa shape index (κ3) is 3.82. The number of hydrogen-bond donors (Lipinski definition) is 0. The second-order valence-corrected chi connectivity index (χ2v) is 6.59. The average molecular weight is 342 g/mol. The largest absolute Gasteiger partial charge is 0.297 e. The van der Waals surface area contributed by atoms with Crippen molar-refractivity contribution in [1.82, 2.24) is 0 Å². The lowest BCUT2D eigenvalue weighted by molar-refractivity contribution is -0.384. The van der Waals surface area contributed by atoms with Crippen LogP contribution < -0.4 is 0 Å². The predicted molar refractivity (Wildman–Crippen MR) is 81.3 cm³/mol. The van der Waals surface area contributed by atoms with E-state index in [9.17, 15) is 18.5 Å². The molecule has 0 saturated carbocycles. The molecule has 0 radical (unpaired) electrons. The number of nitro benzene ring substituents is 1. The molecule has 0 fully saturated rings. The molecule has 6 nitrogen and oxygen atoms in total. The summed E-state index contributed by atoms with van der Waals surface area (Å²) in [5, 5.41) is 10.6. The first kappa shape index (κ1) is 16.4. The maximum Gasteiger partial charge on any atom is 0.297 e. The number of hydrogen-bond acceptors (Lipinski definition) is 5. The lowest BCUT2D eigenvalue weighted by atomic mass is 10.2. The van der Waals surface area contributed by atoms with Gasteiger partial charge in [0.2, 0.25) is 0 Å². The summed E-state index contributed by atoms with van der Waals surface area (Å²) in [6.07, 6.45) is 0. The normalized spacial score (nSPS) is 11.4. The van der Waals surface area contributed by atoms with Crippen molar-refractivity contribution in [2.45, 2.75) is 18.4 Å². The Balaban J connectivity index is 2.14. The fourth-order valence-electron chi connectivity index (χ4n) is 1.71. The minimum Gasteiger partial charge on any atom is -0.262 e. The number of halogens is 1. The van der Waals surface area contributed by atoms with E-state index >= 15 is 0 Å². The summed E-state index contributed by atoms with van der Waals surface area (Å²) in [6, 6.07) is 10.2. The second kappa shape index (κ2) is 6.43. The van der Waals surface area contributed by atoms with Gasteiger partial charge in [-0.05, 0) is 36.8 Å². The molecule has 0 aromatic heterocycles. The first-order chi connectivity index (χ1) is 10.3.